The first kappa shape index (κ1) is 12.4. The van der Waals surface area contributed by atoms with E-state index in [1.165, 1.54) is 22.5 Å². The highest BCUT2D eigenvalue weighted by Gasteiger charge is 2.02. The molecule has 0 radical (unpaired) electrons. The van der Waals surface area contributed by atoms with E-state index in [1.54, 1.807) is 6.92 Å². The van der Waals surface area contributed by atoms with Gasteiger partial charge in [-0.15, -0.1) is 0 Å². The third kappa shape index (κ3) is 2.62. The number of ether oxygens (including phenoxy) is 1. The van der Waals surface area contributed by atoms with Gasteiger partial charge in [-0.2, -0.15) is 0 Å². The summed E-state index contributed by atoms with van der Waals surface area (Å²) in [7, 11) is 0. The van der Waals surface area contributed by atoms with E-state index in [0.29, 0.717) is 13.2 Å². The van der Waals surface area contributed by atoms with Gasteiger partial charge in [0.15, 0.2) is 0 Å². The second-order valence-electron chi connectivity index (χ2n) is 4.14. The predicted octanol–water partition coefficient (Wildman–Crippen LogP) is 3.07. The van der Waals surface area contributed by atoms with Crippen molar-refractivity contribution >= 4 is 16.9 Å². The minimum absolute atomic E-state index is 0.286. The largest absolute Gasteiger partial charge is 0.463 e. The first-order chi connectivity index (χ1) is 8.72. The van der Waals surface area contributed by atoms with E-state index in [2.05, 4.69) is 29.8 Å². The fourth-order valence-corrected chi connectivity index (χ4v) is 2.03. The van der Waals surface area contributed by atoms with Crippen LogP contribution in [0.3, 0.4) is 0 Å². The summed E-state index contributed by atoms with van der Waals surface area (Å²) in [4.78, 5) is 11.2. The maximum absolute atomic E-state index is 11.2. The average molecular weight is 243 g/mol. The van der Waals surface area contributed by atoms with E-state index in [1.807, 2.05) is 18.2 Å². The molecule has 2 aromatic rings. The fraction of sp³-hybridized carbons (Fsp3) is 0.267. The van der Waals surface area contributed by atoms with Crippen molar-refractivity contribution in [3.05, 3.63) is 48.2 Å². The lowest BCUT2D eigenvalue weighted by atomic mass is 10.2. The van der Waals surface area contributed by atoms with Crippen LogP contribution in [0.5, 0.6) is 0 Å². The van der Waals surface area contributed by atoms with Crippen LogP contribution in [-0.2, 0) is 16.1 Å². The van der Waals surface area contributed by atoms with Crippen LogP contribution in [0.25, 0.3) is 10.9 Å². The van der Waals surface area contributed by atoms with Gasteiger partial charge in [0, 0.05) is 29.7 Å². The number of allylic oxidation sites excluding steroid dienone is 1. The van der Waals surface area contributed by atoms with Gasteiger partial charge in [-0.25, -0.2) is 4.79 Å². The van der Waals surface area contributed by atoms with Crippen LogP contribution in [-0.4, -0.2) is 17.1 Å². The number of fused-ring (bicyclic) bond motifs is 1. The predicted molar refractivity (Wildman–Crippen MR) is 72.4 cm³/mol. The first-order valence-corrected chi connectivity index (χ1v) is 6.10. The summed E-state index contributed by atoms with van der Waals surface area (Å²) in [5, 5.41) is 1.25. The Morgan fingerprint density at radius 2 is 2.17 bits per heavy atom. The summed E-state index contributed by atoms with van der Waals surface area (Å²) in [6, 6.07) is 8.25. The zero-order valence-corrected chi connectivity index (χ0v) is 10.7. The lowest BCUT2D eigenvalue weighted by Crippen LogP contribution is -2.00. The van der Waals surface area contributed by atoms with Crippen LogP contribution in [0.15, 0.2) is 42.6 Å². The number of para-hydroxylation sites is 1. The van der Waals surface area contributed by atoms with Gasteiger partial charge in [-0.3, -0.25) is 0 Å². The number of esters is 1. The maximum Gasteiger partial charge on any atom is 0.330 e. The number of aryl methyl sites for hydroxylation is 1. The molecule has 0 spiro atoms. The zero-order chi connectivity index (χ0) is 13.0. The molecule has 94 valence electrons. The number of carbonyl (C=O) groups is 1. The van der Waals surface area contributed by atoms with Gasteiger partial charge in [0.05, 0.1) is 6.61 Å². The van der Waals surface area contributed by atoms with Gasteiger partial charge >= 0.3 is 5.97 Å². The second-order valence-corrected chi connectivity index (χ2v) is 4.14. The molecule has 0 saturated heterocycles. The molecule has 0 fully saturated rings. The Morgan fingerprint density at radius 1 is 1.39 bits per heavy atom. The summed E-state index contributed by atoms with van der Waals surface area (Å²) in [5.41, 5.74) is 2.43. The highest BCUT2D eigenvalue weighted by Crippen LogP contribution is 2.20. The monoisotopic (exact) mass is 243 g/mol. The molecule has 1 aromatic heterocycles. The summed E-state index contributed by atoms with van der Waals surface area (Å²) >= 11 is 0. The Hall–Kier alpha value is -2.03. The van der Waals surface area contributed by atoms with Crippen molar-refractivity contribution in [1.82, 2.24) is 4.57 Å². The summed E-state index contributed by atoms with van der Waals surface area (Å²) < 4.78 is 6.96. The molecule has 3 heteroatoms. The number of rotatable bonds is 4. The topological polar surface area (TPSA) is 31.2 Å². The van der Waals surface area contributed by atoms with Crippen molar-refractivity contribution in [2.75, 3.05) is 6.61 Å². The third-order valence-electron chi connectivity index (χ3n) is 2.83. The van der Waals surface area contributed by atoms with Crippen molar-refractivity contribution in [2.45, 2.75) is 20.4 Å². The molecular weight excluding hydrogens is 226 g/mol. The molecule has 0 saturated carbocycles. The molecule has 0 unspecified atom stereocenters. The van der Waals surface area contributed by atoms with Crippen molar-refractivity contribution in [3.63, 3.8) is 0 Å². The molecular formula is C15H17NO2. The van der Waals surface area contributed by atoms with Crippen molar-refractivity contribution in [2.24, 2.45) is 0 Å². The Bertz CT molecular complexity index is 581. The van der Waals surface area contributed by atoms with E-state index in [4.69, 9.17) is 4.74 Å². The van der Waals surface area contributed by atoms with Gasteiger partial charge in [0.1, 0.15) is 0 Å². The van der Waals surface area contributed by atoms with E-state index in [-0.39, 0.29) is 5.97 Å². The lowest BCUT2D eigenvalue weighted by Gasteiger charge is -2.00. The molecule has 0 amide bonds. The average Bonchev–Trinajstić information content (AvgIpc) is 2.68. The first-order valence-electron chi connectivity index (χ1n) is 6.10. The summed E-state index contributed by atoms with van der Waals surface area (Å²) in [6.45, 7) is 4.98. The van der Waals surface area contributed by atoms with E-state index in [0.717, 1.165) is 0 Å². The van der Waals surface area contributed by atoms with Crippen LogP contribution in [0.2, 0.25) is 0 Å². The SMILES string of the molecule is CCOC(=O)/C=C/Cn1cc(C)c2ccccc21. The number of nitrogens with zero attached hydrogens (tertiary/aromatic N) is 1. The van der Waals surface area contributed by atoms with Gasteiger partial charge in [0.2, 0.25) is 0 Å². The molecule has 0 bridgehead atoms. The minimum Gasteiger partial charge on any atom is -0.463 e. The van der Waals surface area contributed by atoms with Gasteiger partial charge < -0.3 is 9.30 Å². The second kappa shape index (κ2) is 5.54. The normalized spacial score (nSPS) is 11.2. The lowest BCUT2D eigenvalue weighted by molar-refractivity contribution is -0.137. The van der Waals surface area contributed by atoms with Crippen LogP contribution in [0, 0.1) is 6.92 Å². The standard InChI is InChI=1S/C15H17NO2/c1-3-18-15(17)9-6-10-16-11-12(2)13-7-4-5-8-14(13)16/h4-9,11H,3,10H2,1-2H3/b9-6+. The Balaban J connectivity index is 2.15. The molecule has 1 heterocycles. The number of hydrogen-bond acceptors (Lipinski definition) is 2. The Kier molecular flexibility index (Phi) is 3.82. The van der Waals surface area contributed by atoms with Gasteiger partial charge in [-0.1, -0.05) is 24.3 Å². The Labute approximate surface area is 107 Å². The quantitative estimate of drug-likeness (QED) is 0.610. The van der Waals surface area contributed by atoms with Crippen molar-refractivity contribution < 1.29 is 9.53 Å². The number of aromatic nitrogens is 1. The molecule has 0 atom stereocenters. The molecule has 0 aliphatic carbocycles. The van der Waals surface area contributed by atoms with Crippen LogP contribution < -0.4 is 0 Å². The summed E-state index contributed by atoms with van der Waals surface area (Å²) in [6.07, 6.45) is 5.40. The molecule has 0 aliphatic rings. The number of benzene rings is 1. The van der Waals surface area contributed by atoms with Crippen LogP contribution in [0.4, 0.5) is 0 Å². The number of carbonyl (C=O) groups excluding carboxylic acids is 1. The van der Waals surface area contributed by atoms with Gasteiger partial charge in [0.25, 0.3) is 0 Å². The van der Waals surface area contributed by atoms with E-state index >= 15 is 0 Å². The minimum atomic E-state index is -0.286. The van der Waals surface area contributed by atoms with Crippen molar-refractivity contribution in [1.29, 1.82) is 0 Å². The Morgan fingerprint density at radius 3 is 2.94 bits per heavy atom. The van der Waals surface area contributed by atoms with E-state index < -0.39 is 0 Å². The molecule has 0 N–H and O–H groups in total. The van der Waals surface area contributed by atoms with Gasteiger partial charge in [-0.05, 0) is 25.5 Å². The highest BCUT2D eigenvalue weighted by atomic mass is 16.5. The molecule has 0 aliphatic heterocycles. The molecule has 1 aromatic carbocycles. The molecule has 3 nitrogen and oxygen atoms in total. The van der Waals surface area contributed by atoms with Crippen molar-refractivity contribution in [3.8, 4) is 0 Å². The smallest absolute Gasteiger partial charge is 0.330 e. The fourth-order valence-electron chi connectivity index (χ4n) is 2.03. The summed E-state index contributed by atoms with van der Waals surface area (Å²) in [5.74, 6) is -0.286. The number of hydrogen-bond donors (Lipinski definition) is 0. The van der Waals surface area contributed by atoms with Crippen LogP contribution >= 0.6 is 0 Å². The zero-order valence-electron chi connectivity index (χ0n) is 10.7. The third-order valence-corrected chi connectivity index (χ3v) is 2.83. The van der Waals surface area contributed by atoms with Crippen LogP contribution in [0.1, 0.15) is 12.5 Å². The van der Waals surface area contributed by atoms with E-state index in [9.17, 15) is 4.79 Å². The molecule has 2 rings (SSSR count). The molecule has 18 heavy (non-hydrogen) atoms. The highest BCUT2D eigenvalue weighted by molar-refractivity contribution is 5.84. The maximum atomic E-state index is 11.2.